The standard InChI is InChI=1S/C12H14NO4S/c1-16-12(14)9-18-11(8-13(15)17-2)10-6-4-3-5-7-10/h3-8H,9H2,1-2H3/q+1/b11-8-. The van der Waals surface area contributed by atoms with Crippen molar-refractivity contribution in [3.05, 3.63) is 47.0 Å². The molecule has 0 spiro atoms. The van der Waals surface area contributed by atoms with E-state index in [1.807, 2.05) is 30.3 Å². The second kappa shape index (κ2) is 7.50. The molecule has 1 rings (SSSR count). The predicted molar refractivity (Wildman–Crippen MR) is 69.5 cm³/mol. The summed E-state index contributed by atoms with van der Waals surface area (Å²) in [5.74, 6) is -0.217. The molecule has 5 nitrogen and oxygen atoms in total. The van der Waals surface area contributed by atoms with Gasteiger partial charge in [-0.15, -0.1) is 11.8 Å². The molecule has 1 aromatic rings. The zero-order valence-corrected chi connectivity index (χ0v) is 11.0. The first-order chi connectivity index (χ1) is 8.67. The molecule has 0 N–H and O–H groups in total. The maximum absolute atomic E-state index is 11.2. The first kappa shape index (κ1) is 14.2. The van der Waals surface area contributed by atoms with Crippen LogP contribution in [0.5, 0.6) is 0 Å². The minimum Gasteiger partial charge on any atom is -0.468 e. The molecule has 18 heavy (non-hydrogen) atoms. The lowest BCUT2D eigenvalue weighted by Gasteiger charge is -2.03. The predicted octanol–water partition coefficient (Wildman–Crippen LogP) is 2.23. The first-order valence-electron chi connectivity index (χ1n) is 5.14. The van der Waals surface area contributed by atoms with Crippen molar-refractivity contribution in [1.29, 1.82) is 0 Å². The van der Waals surface area contributed by atoms with Crippen LogP contribution in [0.2, 0.25) is 0 Å². The highest BCUT2D eigenvalue weighted by atomic mass is 32.2. The Balaban J connectivity index is 2.86. The van der Waals surface area contributed by atoms with E-state index < -0.39 is 0 Å². The quantitative estimate of drug-likeness (QED) is 0.585. The normalized spacial score (nSPS) is 10.9. The van der Waals surface area contributed by atoms with Crippen LogP contribution in [0.4, 0.5) is 0 Å². The largest absolute Gasteiger partial charge is 0.468 e. The molecule has 0 unspecified atom stereocenters. The highest BCUT2D eigenvalue weighted by Crippen LogP contribution is 2.27. The molecule has 0 aliphatic carbocycles. The number of hydrogen-bond acceptors (Lipinski definition) is 5. The molecule has 0 radical (unpaired) electrons. The van der Waals surface area contributed by atoms with Crippen molar-refractivity contribution >= 4 is 22.6 Å². The van der Waals surface area contributed by atoms with E-state index in [-0.39, 0.29) is 11.7 Å². The summed E-state index contributed by atoms with van der Waals surface area (Å²) in [6.45, 7) is 0. The zero-order chi connectivity index (χ0) is 13.4. The number of nitrogens with zero attached hydrogens (tertiary/aromatic N) is 1. The average Bonchev–Trinajstić information content (AvgIpc) is 2.43. The number of methoxy groups -OCH3 is 1. The van der Waals surface area contributed by atoms with E-state index in [1.54, 1.807) is 0 Å². The number of carbonyl (C=O) groups excluding carboxylic acids is 1. The summed E-state index contributed by atoms with van der Waals surface area (Å²) in [4.78, 5) is 27.8. The molecular weight excluding hydrogens is 254 g/mol. The number of carbonyl (C=O) groups is 1. The van der Waals surface area contributed by atoms with E-state index in [0.717, 1.165) is 5.56 Å². The van der Waals surface area contributed by atoms with Crippen molar-refractivity contribution in [2.24, 2.45) is 0 Å². The van der Waals surface area contributed by atoms with Crippen molar-refractivity contribution in [3.8, 4) is 0 Å². The van der Waals surface area contributed by atoms with Crippen molar-refractivity contribution < 1.29 is 19.3 Å². The molecule has 0 aliphatic heterocycles. The van der Waals surface area contributed by atoms with Crippen LogP contribution in [0.3, 0.4) is 0 Å². The number of esters is 1. The van der Waals surface area contributed by atoms with Crippen LogP contribution >= 0.6 is 11.8 Å². The van der Waals surface area contributed by atoms with Crippen LogP contribution in [-0.2, 0) is 14.4 Å². The molecule has 6 heteroatoms. The van der Waals surface area contributed by atoms with Crippen LogP contribution < -0.4 is 0 Å². The minimum absolute atomic E-state index is 0.134. The third-order valence-electron chi connectivity index (χ3n) is 2.03. The molecule has 0 aromatic heterocycles. The van der Waals surface area contributed by atoms with Crippen molar-refractivity contribution in [1.82, 2.24) is 0 Å². The molecule has 0 fully saturated rings. The maximum Gasteiger partial charge on any atom is 0.315 e. The molecule has 0 atom stereocenters. The van der Waals surface area contributed by atoms with E-state index in [9.17, 15) is 9.70 Å². The molecular formula is C12H14NO4S+. The van der Waals surface area contributed by atoms with Gasteiger partial charge in [-0.2, -0.15) is 0 Å². The topological polar surface area (TPSA) is 55.6 Å². The van der Waals surface area contributed by atoms with Gasteiger partial charge >= 0.3 is 5.97 Å². The smallest absolute Gasteiger partial charge is 0.315 e. The second-order valence-electron chi connectivity index (χ2n) is 3.19. The summed E-state index contributed by atoms with van der Waals surface area (Å²) in [6.07, 6.45) is 1.28. The number of thioether (sulfide) groups is 1. The Morgan fingerprint density at radius 1 is 1.33 bits per heavy atom. The fraction of sp³-hybridized carbons (Fsp3) is 0.250. The van der Waals surface area contributed by atoms with Crippen LogP contribution in [0.1, 0.15) is 5.56 Å². The van der Waals surface area contributed by atoms with Crippen molar-refractivity contribution in [3.63, 3.8) is 0 Å². The Morgan fingerprint density at radius 3 is 2.56 bits per heavy atom. The Bertz CT molecular complexity index is 445. The zero-order valence-electron chi connectivity index (χ0n) is 10.2. The third-order valence-corrected chi connectivity index (χ3v) is 3.07. The Morgan fingerprint density at radius 2 is 2.00 bits per heavy atom. The van der Waals surface area contributed by atoms with Gasteiger partial charge < -0.3 is 4.74 Å². The molecule has 0 aliphatic rings. The van der Waals surface area contributed by atoms with Gasteiger partial charge in [0.2, 0.25) is 0 Å². The summed E-state index contributed by atoms with van der Waals surface area (Å²) < 4.78 is 4.56. The summed E-state index contributed by atoms with van der Waals surface area (Å²) in [6, 6.07) is 9.27. The number of benzene rings is 1. The Hall–Kier alpha value is -1.82. The highest BCUT2D eigenvalue weighted by molar-refractivity contribution is 8.08. The molecule has 0 bridgehead atoms. The fourth-order valence-corrected chi connectivity index (χ4v) is 2.00. The van der Waals surface area contributed by atoms with E-state index in [2.05, 4.69) is 9.57 Å². The first-order valence-corrected chi connectivity index (χ1v) is 6.13. The van der Waals surface area contributed by atoms with Gasteiger partial charge in [-0.3, -0.25) is 4.79 Å². The van der Waals surface area contributed by atoms with E-state index in [1.165, 1.54) is 32.2 Å². The lowest BCUT2D eigenvalue weighted by molar-refractivity contribution is -0.748. The lowest BCUT2D eigenvalue weighted by Crippen LogP contribution is -2.04. The fourth-order valence-electron chi connectivity index (χ4n) is 1.14. The van der Waals surface area contributed by atoms with Gasteiger partial charge in [0.1, 0.15) is 0 Å². The van der Waals surface area contributed by atoms with Gasteiger partial charge in [-0.25, -0.2) is 4.84 Å². The van der Waals surface area contributed by atoms with Crippen molar-refractivity contribution in [2.75, 3.05) is 20.0 Å². The van der Waals surface area contributed by atoms with E-state index in [4.69, 9.17) is 0 Å². The monoisotopic (exact) mass is 268 g/mol. The molecule has 0 saturated carbocycles. The van der Waals surface area contributed by atoms with Gasteiger partial charge in [0, 0.05) is 0 Å². The number of ether oxygens (including phenoxy) is 1. The SMILES string of the molecule is COC(=O)CS/C(=C\[N+](=O)OC)c1ccccc1. The van der Waals surface area contributed by atoms with Crippen LogP contribution in [0.15, 0.2) is 36.5 Å². The Kier molecular flexibility index (Phi) is 5.93. The van der Waals surface area contributed by atoms with Crippen LogP contribution in [-0.4, -0.2) is 30.9 Å². The van der Waals surface area contributed by atoms with Gasteiger partial charge in [0.05, 0.1) is 22.7 Å². The molecule has 0 saturated heterocycles. The second-order valence-corrected chi connectivity index (χ2v) is 4.21. The van der Waals surface area contributed by atoms with Gasteiger partial charge in [0.15, 0.2) is 7.11 Å². The molecule has 0 amide bonds. The maximum atomic E-state index is 11.2. The third kappa shape index (κ3) is 4.58. The van der Waals surface area contributed by atoms with Crippen LogP contribution in [0.25, 0.3) is 4.91 Å². The van der Waals surface area contributed by atoms with Crippen LogP contribution in [0, 0.1) is 4.91 Å². The highest BCUT2D eigenvalue weighted by Gasteiger charge is 2.13. The van der Waals surface area contributed by atoms with Gasteiger partial charge in [-0.05, 0) is 5.56 Å². The summed E-state index contributed by atoms with van der Waals surface area (Å²) >= 11 is 1.22. The number of hydrogen-bond donors (Lipinski definition) is 0. The van der Waals surface area contributed by atoms with E-state index in [0.29, 0.717) is 9.83 Å². The van der Waals surface area contributed by atoms with Crippen molar-refractivity contribution in [2.45, 2.75) is 0 Å². The Labute approximate surface area is 109 Å². The number of rotatable bonds is 6. The molecule has 1 aromatic carbocycles. The van der Waals surface area contributed by atoms with E-state index >= 15 is 0 Å². The van der Waals surface area contributed by atoms with Gasteiger partial charge in [0.25, 0.3) is 11.1 Å². The molecule has 0 heterocycles. The lowest BCUT2D eigenvalue weighted by atomic mass is 10.2. The summed E-state index contributed by atoms with van der Waals surface area (Å²) in [7, 11) is 2.60. The average molecular weight is 268 g/mol. The molecule has 96 valence electrons. The summed E-state index contributed by atoms with van der Waals surface area (Å²) in [5.41, 5.74) is 0.837. The minimum atomic E-state index is -0.350. The van der Waals surface area contributed by atoms with Gasteiger partial charge in [-0.1, -0.05) is 30.3 Å². The summed E-state index contributed by atoms with van der Waals surface area (Å²) in [5, 5.41) is 0.